The average Bonchev–Trinajstić information content (AvgIpc) is 2.82. The number of Topliss-reactive ketones (excluding diaryl/α,β-unsaturated/α-hetero) is 1. The van der Waals surface area contributed by atoms with E-state index in [1.807, 2.05) is 0 Å². The summed E-state index contributed by atoms with van der Waals surface area (Å²) in [6, 6.07) is 18.7. The zero-order valence-electron chi connectivity index (χ0n) is 17.3. The fourth-order valence-electron chi connectivity index (χ4n) is 2.87. The van der Waals surface area contributed by atoms with Gasteiger partial charge < -0.3 is 9.47 Å². The SMILES string of the molecule is COc1ccccc1N(C)S(=O)(=O)c1ccc(C(=O)OCC(=O)c2ccc(Br)cc2)cc1. The average molecular weight is 518 g/mol. The van der Waals surface area contributed by atoms with Crippen LogP contribution in [0.25, 0.3) is 0 Å². The van der Waals surface area contributed by atoms with Crippen LogP contribution >= 0.6 is 15.9 Å². The Balaban J connectivity index is 1.70. The summed E-state index contributed by atoms with van der Waals surface area (Å²) in [6.07, 6.45) is 0. The van der Waals surface area contributed by atoms with E-state index in [9.17, 15) is 18.0 Å². The van der Waals surface area contributed by atoms with E-state index < -0.39 is 22.6 Å². The summed E-state index contributed by atoms with van der Waals surface area (Å²) in [7, 11) is -1.01. The number of benzene rings is 3. The smallest absolute Gasteiger partial charge is 0.338 e. The van der Waals surface area contributed by atoms with E-state index in [1.54, 1.807) is 48.5 Å². The molecule has 0 atom stereocenters. The fourth-order valence-corrected chi connectivity index (χ4v) is 4.34. The molecule has 0 aromatic heterocycles. The molecule has 166 valence electrons. The number of nitrogens with zero attached hydrogens (tertiary/aromatic N) is 1. The molecule has 0 bridgehead atoms. The van der Waals surface area contributed by atoms with Crippen molar-refractivity contribution in [3.05, 3.63) is 88.4 Å². The number of sulfonamides is 1. The number of esters is 1. The van der Waals surface area contributed by atoms with Gasteiger partial charge >= 0.3 is 5.97 Å². The first-order chi connectivity index (χ1) is 15.2. The molecule has 0 amide bonds. The molecule has 0 heterocycles. The van der Waals surface area contributed by atoms with Gasteiger partial charge in [0.05, 0.1) is 23.3 Å². The van der Waals surface area contributed by atoms with Crippen LogP contribution in [-0.4, -0.2) is 40.9 Å². The first-order valence-corrected chi connectivity index (χ1v) is 11.6. The van der Waals surface area contributed by atoms with Gasteiger partial charge in [0, 0.05) is 17.1 Å². The van der Waals surface area contributed by atoms with Gasteiger partial charge in [0.25, 0.3) is 10.0 Å². The summed E-state index contributed by atoms with van der Waals surface area (Å²) in [5.41, 5.74) is 0.930. The van der Waals surface area contributed by atoms with Crippen molar-refractivity contribution in [2.24, 2.45) is 0 Å². The Kier molecular flexibility index (Phi) is 7.32. The van der Waals surface area contributed by atoms with Gasteiger partial charge in [0.15, 0.2) is 12.4 Å². The van der Waals surface area contributed by atoms with Crippen LogP contribution in [0.4, 0.5) is 5.69 Å². The van der Waals surface area contributed by atoms with E-state index in [4.69, 9.17) is 9.47 Å². The van der Waals surface area contributed by atoms with Crippen molar-refractivity contribution in [3.8, 4) is 5.75 Å². The third-order valence-corrected chi connectivity index (χ3v) is 6.99. The van der Waals surface area contributed by atoms with E-state index in [0.29, 0.717) is 17.0 Å². The van der Waals surface area contributed by atoms with E-state index in [1.165, 1.54) is 38.4 Å². The van der Waals surface area contributed by atoms with Gasteiger partial charge in [-0.25, -0.2) is 13.2 Å². The quantitative estimate of drug-likeness (QED) is 0.326. The van der Waals surface area contributed by atoms with Crippen molar-refractivity contribution in [2.75, 3.05) is 25.1 Å². The monoisotopic (exact) mass is 517 g/mol. The number of ketones is 1. The molecular weight excluding hydrogens is 498 g/mol. The van der Waals surface area contributed by atoms with Gasteiger partial charge in [-0.05, 0) is 48.5 Å². The summed E-state index contributed by atoms with van der Waals surface area (Å²) in [6.45, 7) is -0.420. The lowest BCUT2D eigenvalue weighted by atomic mass is 10.1. The minimum Gasteiger partial charge on any atom is -0.495 e. The number of rotatable bonds is 8. The summed E-state index contributed by atoms with van der Waals surface area (Å²) in [4.78, 5) is 24.4. The Bertz CT molecular complexity index is 1220. The molecule has 3 aromatic carbocycles. The van der Waals surface area contributed by atoms with Crippen molar-refractivity contribution < 1.29 is 27.5 Å². The molecule has 0 saturated carbocycles. The van der Waals surface area contributed by atoms with Gasteiger partial charge in [0.1, 0.15) is 5.75 Å². The molecule has 0 aliphatic carbocycles. The molecule has 3 rings (SSSR count). The number of carbonyl (C=O) groups is 2. The van der Waals surface area contributed by atoms with Gasteiger partial charge in [-0.15, -0.1) is 0 Å². The molecule has 0 unspecified atom stereocenters. The molecule has 0 radical (unpaired) electrons. The Morgan fingerprint density at radius 3 is 2.12 bits per heavy atom. The van der Waals surface area contributed by atoms with Crippen LogP contribution in [0.1, 0.15) is 20.7 Å². The molecule has 0 spiro atoms. The summed E-state index contributed by atoms with van der Waals surface area (Å²) in [5.74, 6) is -0.657. The third kappa shape index (κ3) is 5.17. The van der Waals surface area contributed by atoms with E-state index >= 15 is 0 Å². The maximum atomic E-state index is 13.0. The third-order valence-electron chi connectivity index (χ3n) is 4.67. The highest BCUT2D eigenvalue weighted by atomic mass is 79.9. The highest BCUT2D eigenvalue weighted by molar-refractivity contribution is 9.10. The van der Waals surface area contributed by atoms with Gasteiger partial charge in [-0.2, -0.15) is 0 Å². The Labute approximate surface area is 194 Å². The van der Waals surface area contributed by atoms with Gasteiger partial charge in [0.2, 0.25) is 0 Å². The molecule has 3 aromatic rings. The molecule has 0 fully saturated rings. The van der Waals surface area contributed by atoms with Crippen molar-refractivity contribution in [2.45, 2.75) is 4.90 Å². The Hall–Kier alpha value is -3.17. The maximum absolute atomic E-state index is 13.0. The second-order valence-electron chi connectivity index (χ2n) is 6.67. The molecule has 0 saturated heterocycles. The van der Waals surface area contributed by atoms with Gasteiger partial charge in [-0.1, -0.05) is 40.2 Å². The topological polar surface area (TPSA) is 90.0 Å². The minimum absolute atomic E-state index is 0.00612. The van der Waals surface area contributed by atoms with Crippen LogP contribution in [0, 0.1) is 0 Å². The lowest BCUT2D eigenvalue weighted by molar-refractivity contribution is 0.0474. The van der Waals surface area contributed by atoms with Crippen molar-refractivity contribution in [3.63, 3.8) is 0 Å². The van der Waals surface area contributed by atoms with Gasteiger partial charge in [-0.3, -0.25) is 9.10 Å². The molecular formula is C23H20BrNO6S. The van der Waals surface area contributed by atoms with Crippen LogP contribution < -0.4 is 9.04 Å². The number of halogens is 1. The summed E-state index contributed by atoms with van der Waals surface area (Å²) >= 11 is 3.29. The van der Waals surface area contributed by atoms with Crippen LogP contribution in [0.15, 0.2) is 82.2 Å². The van der Waals surface area contributed by atoms with Crippen molar-refractivity contribution in [1.82, 2.24) is 0 Å². The fraction of sp³-hybridized carbons (Fsp3) is 0.130. The number of ether oxygens (including phenoxy) is 2. The number of hydrogen-bond donors (Lipinski definition) is 0. The molecule has 7 nitrogen and oxygen atoms in total. The number of carbonyl (C=O) groups excluding carboxylic acids is 2. The summed E-state index contributed by atoms with van der Waals surface area (Å²) in [5, 5.41) is 0. The zero-order chi connectivity index (χ0) is 23.3. The highest BCUT2D eigenvalue weighted by Gasteiger charge is 2.24. The maximum Gasteiger partial charge on any atom is 0.338 e. The lowest BCUT2D eigenvalue weighted by Gasteiger charge is -2.21. The number of para-hydroxylation sites is 2. The second-order valence-corrected chi connectivity index (χ2v) is 9.56. The molecule has 0 N–H and O–H groups in total. The normalized spacial score (nSPS) is 11.0. The molecule has 9 heteroatoms. The van der Waals surface area contributed by atoms with Crippen molar-refractivity contribution >= 4 is 43.4 Å². The standard InChI is InChI=1S/C23H20BrNO6S/c1-25(20-5-3-4-6-22(20)30-2)32(28,29)19-13-9-17(10-14-19)23(27)31-15-21(26)16-7-11-18(24)12-8-16/h3-14H,15H2,1-2H3. The molecule has 0 aliphatic rings. The summed E-state index contributed by atoms with van der Waals surface area (Å²) < 4.78 is 38.2. The first-order valence-electron chi connectivity index (χ1n) is 9.42. The Morgan fingerprint density at radius 1 is 0.906 bits per heavy atom. The predicted octanol–water partition coefficient (Wildman–Crippen LogP) is 4.32. The van der Waals surface area contributed by atoms with Crippen LogP contribution in [0.3, 0.4) is 0 Å². The number of anilines is 1. The highest BCUT2D eigenvalue weighted by Crippen LogP contribution is 2.30. The van der Waals surface area contributed by atoms with E-state index in [-0.39, 0.29) is 16.2 Å². The molecule has 0 aliphatic heterocycles. The first kappa shape index (κ1) is 23.5. The molecule has 32 heavy (non-hydrogen) atoms. The lowest BCUT2D eigenvalue weighted by Crippen LogP contribution is -2.27. The zero-order valence-corrected chi connectivity index (χ0v) is 19.7. The number of hydrogen-bond acceptors (Lipinski definition) is 6. The Morgan fingerprint density at radius 2 is 1.50 bits per heavy atom. The predicted molar refractivity (Wildman–Crippen MR) is 124 cm³/mol. The van der Waals surface area contributed by atoms with E-state index in [2.05, 4.69) is 15.9 Å². The largest absolute Gasteiger partial charge is 0.495 e. The van der Waals surface area contributed by atoms with Crippen LogP contribution in [0.2, 0.25) is 0 Å². The van der Waals surface area contributed by atoms with Crippen LogP contribution in [0.5, 0.6) is 5.75 Å². The number of methoxy groups -OCH3 is 1. The van der Waals surface area contributed by atoms with Crippen molar-refractivity contribution in [1.29, 1.82) is 0 Å². The van der Waals surface area contributed by atoms with Crippen LogP contribution in [-0.2, 0) is 14.8 Å². The second kappa shape index (κ2) is 9.97. The van der Waals surface area contributed by atoms with E-state index in [0.717, 1.165) is 8.78 Å². The minimum atomic E-state index is -3.89.